The first kappa shape index (κ1) is 21.0. The predicted molar refractivity (Wildman–Crippen MR) is 118 cm³/mol. The van der Waals surface area contributed by atoms with Gasteiger partial charge in [-0.15, -0.1) is 0 Å². The van der Waals surface area contributed by atoms with Gasteiger partial charge in [-0.05, 0) is 35.4 Å². The number of fused-ring (bicyclic) bond motifs is 1. The average Bonchev–Trinajstić information content (AvgIpc) is 2.77. The lowest BCUT2D eigenvalue weighted by Crippen LogP contribution is -2.43. The van der Waals surface area contributed by atoms with Gasteiger partial charge in [-0.2, -0.15) is 0 Å². The minimum absolute atomic E-state index is 0.103. The summed E-state index contributed by atoms with van der Waals surface area (Å²) in [6.07, 6.45) is 0.721. The summed E-state index contributed by atoms with van der Waals surface area (Å²) in [6.45, 7) is 2.14. The zero-order valence-corrected chi connectivity index (χ0v) is 16.9. The zero-order chi connectivity index (χ0) is 21.3. The Hall–Kier alpha value is -3.67. The fourth-order valence-electron chi connectivity index (χ4n) is 3.24. The number of hydrogen-bond acceptors (Lipinski definition) is 3. The second kappa shape index (κ2) is 10.2. The van der Waals surface area contributed by atoms with Crippen LogP contribution in [0.3, 0.4) is 0 Å². The van der Waals surface area contributed by atoms with Crippen LogP contribution >= 0.6 is 0 Å². The van der Waals surface area contributed by atoms with E-state index in [1.165, 1.54) is 4.90 Å². The van der Waals surface area contributed by atoms with E-state index in [9.17, 15) is 14.4 Å². The summed E-state index contributed by atoms with van der Waals surface area (Å²) >= 11 is 0. The lowest BCUT2D eigenvalue weighted by atomic mass is 10.0. The molecule has 0 radical (unpaired) electrons. The van der Waals surface area contributed by atoms with Crippen molar-refractivity contribution in [2.24, 2.45) is 0 Å². The van der Waals surface area contributed by atoms with Gasteiger partial charge in [0.1, 0.15) is 0 Å². The third kappa shape index (κ3) is 5.44. The van der Waals surface area contributed by atoms with E-state index in [0.717, 1.165) is 17.2 Å². The number of nitrogens with zero attached hydrogens (tertiary/aromatic N) is 1. The van der Waals surface area contributed by atoms with E-state index in [1.54, 1.807) is 18.2 Å². The van der Waals surface area contributed by atoms with Gasteiger partial charge in [-0.1, -0.05) is 61.5 Å². The van der Waals surface area contributed by atoms with E-state index < -0.39 is 0 Å². The molecule has 0 spiro atoms. The molecule has 0 bridgehead atoms. The lowest BCUT2D eigenvalue weighted by Gasteiger charge is -2.22. The maximum atomic E-state index is 13.1. The second-order valence-corrected chi connectivity index (χ2v) is 6.94. The fraction of sp³-hybridized carbons (Fsp3) is 0.208. The first-order valence-electron chi connectivity index (χ1n) is 9.97. The van der Waals surface area contributed by atoms with Crippen LogP contribution in [0.2, 0.25) is 0 Å². The van der Waals surface area contributed by atoms with Crippen molar-refractivity contribution in [2.45, 2.75) is 13.3 Å². The van der Waals surface area contributed by atoms with Crippen LogP contribution in [-0.4, -0.2) is 42.3 Å². The summed E-state index contributed by atoms with van der Waals surface area (Å²) in [6, 6.07) is 22.3. The summed E-state index contributed by atoms with van der Waals surface area (Å²) in [7, 11) is 0. The van der Waals surface area contributed by atoms with E-state index in [-0.39, 0.29) is 30.8 Å². The number of hydrogen-bond donors (Lipinski definition) is 2. The average molecular weight is 403 g/mol. The second-order valence-electron chi connectivity index (χ2n) is 6.94. The molecule has 6 heteroatoms. The van der Waals surface area contributed by atoms with Crippen LogP contribution in [-0.2, 0) is 9.59 Å². The van der Waals surface area contributed by atoms with Gasteiger partial charge in [0, 0.05) is 17.8 Å². The molecule has 3 amide bonds. The Morgan fingerprint density at radius 2 is 1.53 bits per heavy atom. The molecular formula is C24H25N3O3. The molecule has 0 aliphatic carbocycles. The maximum absolute atomic E-state index is 13.1. The van der Waals surface area contributed by atoms with Crippen molar-refractivity contribution in [1.29, 1.82) is 0 Å². The Balaban J connectivity index is 1.62. The maximum Gasteiger partial charge on any atom is 0.254 e. The molecule has 30 heavy (non-hydrogen) atoms. The van der Waals surface area contributed by atoms with Crippen molar-refractivity contribution in [2.75, 3.05) is 25.0 Å². The molecule has 0 fully saturated rings. The van der Waals surface area contributed by atoms with Crippen LogP contribution in [0.1, 0.15) is 23.7 Å². The van der Waals surface area contributed by atoms with Gasteiger partial charge in [0.15, 0.2) is 0 Å². The smallest absolute Gasteiger partial charge is 0.254 e. The SMILES string of the molecule is CCCN(CC(=O)NCC(=O)Nc1ccccc1)C(=O)c1cccc2ccccc12. The summed E-state index contributed by atoms with van der Waals surface area (Å²) < 4.78 is 0. The molecule has 0 unspecified atom stereocenters. The zero-order valence-electron chi connectivity index (χ0n) is 16.9. The Kier molecular flexibility index (Phi) is 7.16. The largest absolute Gasteiger partial charge is 0.345 e. The Morgan fingerprint density at radius 3 is 2.30 bits per heavy atom. The van der Waals surface area contributed by atoms with Crippen LogP contribution in [0.25, 0.3) is 10.8 Å². The molecule has 154 valence electrons. The summed E-state index contributed by atoms with van der Waals surface area (Å²) in [4.78, 5) is 39.1. The van der Waals surface area contributed by atoms with Crippen LogP contribution in [0.15, 0.2) is 72.8 Å². The van der Waals surface area contributed by atoms with Gasteiger partial charge in [-0.3, -0.25) is 14.4 Å². The van der Waals surface area contributed by atoms with Gasteiger partial charge < -0.3 is 15.5 Å². The van der Waals surface area contributed by atoms with Crippen LogP contribution < -0.4 is 10.6 Å². The number of anilines is 1. The number of benzene rings is 3. The number of carbonyl (C=O) groups is 3. The first-order chi connectivity index (χ1) is 14.6. The molecule has 0 saturated carbocycles. The van der Waals surface area contributed by atoms with Crippen LogP contribution in [0.5, 0.6) is 0 Å². The van der Waals surface area contributed by atoms with Crippen molar-refractivity contribution < 1.29 is 14.4 Å². The van der Waals surface area contributed by atoms with Gasteiger partial charge in [0.2, 0.25) is 11.8 Å². The van der Waals surface area contributed by atoms with Crippen LogP contribution in [0, 0.1) is 0 Å². The predicted octanol–water partition coefficient (Wildman–Crippen LogP) is 3.45. The Morgan fingerprint density at radius 1 is 0.833 bits per heavy atom. The normalized spacial score (nSPS) is 10.4. The minimum Gasteiger partial charge on any atom is -0.345 e. The third-order valence-corrected chi connectivity index (χ3v) is 4.64. The van der Waals surface area contributed by atoms with Crippen molar-refractivity contribution in [1.82, 2.24) is 10.2 Å². The summed E-state index contributed by atoms with van der Waals surface area (Å²) in [5.74, 6) is -0.894. The van der Waals surface area contributed by atoms with Gasteiger partial charge >= 0.3 is 0 Å². The van der Waals surface area contributed by atoms with E-state index in [4.69, 9.17) is 0 Å². The highest BCUT2D eigenvalue weighted by atomic mass is 16.2. The Labute approximate surface area is 175 Å². The van der Waals surface area contributed by atoms with Gasteiger partial charge in [-0.25, -0.2) is 0 Å². The molecule has 3 aromatic rings. The summed E-state index contributed by atoms with van der Waals surface area (Å²) in [5.41, 5.74) is 1.23. The molecule has 0 heterocycles. The lowest BCUT2D eigenvalue weighted by molar-refractivity contribution is -0.124. The van der Waals surface area contributed by atoms with Crippen molar-refractivity contribution in [3.63, 3.8) is 0 Å². The minimum atomic E-state index is -0.375. The van der Waals surface area contributed by atoms with Gasteiger partial charge in [0.25, 0.3) is 5.91 Å². The van der Waals surface area contributed by atoms with E-state index in [2.05, 4.69) is 10.6 Å². The number of nitrogens with one attached hydrogen (secondary N) is 2. The molecule has 0 saturated heterocycles. The van der Waals surface area contributed by atoms with E-state index in [0.29, 0.717) is 17.8 Å². The van der Waals surface area contributed by atoms with Gasteiger partial charge in [0.05, 0.1) is 13.1 Å². The molecular weight excluding hydrogens is 378 g/mol. The number of para-hydroxylation sites is 1. The fourth-order valence-corrected chi connectivity index (χ4v) is 3.24. The van der Waals surface area contributed by atoms with E-state index in [1.807, 2.05) is 61.5 Å². The number of carbonyl (C=O) groups excluding carboxylic acids is 3. The number of rotatable bonds is 8. The summed E-state index contributed by atoms with van der Waals surface area (Å²) in [5, 5.41) is 7.13. The molecule has 2 N–H and O–H groups in total. The molecule has 0 aliphatic heterocycles. The van der Waals surface area contributed by atoms with Crippen LogP contribution in [0.4, 0.5) is 5.69 Å². The highest BCUT2D eigenvalue weighted by Gasteiger charge is 2.20. The molecule has 0 aliphatic rings. The van der Waals surface area contributed by atoms with Crippen molar-refractivity contribution in [3.05, 3.63) is 78.4 Å². The molecule has 3 rings (SSSR count). The topological polar surface area (TPSA) is 78.5 Å². The van der Waals surface area contributed by atoms with Crippen molar-refractivity contribution in [3.8, 4) is 0 Å². The highest BCUT2D eigenvalue weighted by Crippen LogP contribution is 2.20. The van der Waals surface area contributed by atoms with Crippen molar-refractivity contribution >= 4 is 34.2 Å². The monoisotopic (exact) mass is 403 g/mol. The highest BCUT2D eigenvalue weighted by molar-refractivity contribution is 6.08. The number of amides is 3. The van der Waals surface area contributed by atoms with E-state index >= 15 is 0 Å². The molecule has 0 atom stereocenters. The third-order valence-electron chi connectivity index (χ3n) is 4.64. The molecule has 0 aromatic heterocycles. The Bertz CT molecular complexity index is 1030. The molecule has 3 aromatic carbocycles. The standard InChI is InChI=1S/C24H25N3O3/c1-2-15-27(24(30)21-14-8-10-18-9-6-7-13-20(18)21)17-23(29)25-16-22(28)26-19-11-4-3-5-12-19/h3-14H,2,15-17H2,1H3,(H,25,29)(H,26,28). The molecule has 6 nitrogen and oxygen atoms in total. The first-order valence-corrected chi connectivity index (χ1v) is 9.97. The quantitative estimate of drug-likeness (QED) is 0.605.